The molecular formula is C17H19N3O. The third-order valence-electron chi connectivity index (χ3n) is 3.74. The van der Waals surface area contributed by atoms with Crippen LogP contribution in [0.4, 0.5) is 0 Å². The summed E-state index contributed by atoms with van der Waals surface area (Å²) >= 11 is 0. The standard InChI is InChI=1S/C17H19N3O/c1-17(21,15-8-3-2-4-9-15)12-18-10-13-6-5-7-14-11-19-20-16(13)14/h2-9,11,18,21H,10,12H2,1H3,(H,19,20). The number of nitrogens with zero attached hydrogens (tertiary/aromatic N) is 1. The van der Waals surface area contributed by atoms with E-state index in [0.717, 1.165) is 22.0 Å². The van der Waals surface area contributed by atoms with E-state index >= 15 is 0 Å². The number of H-pyrrole nitrogens is 1. The van der Waals surface area contributed by atoms with E-state index in [-0.39, 0.29) is 0 Å². The number of fused-ring (bicyclic) bond motifs is 1. The van der Waals surface area contributed by atoms with Crippen molar-refractivity contribution in [2.75, 3.05) is 6.54 Å². The van der Waals surface area contributed by atoms with Crippen LogP contribution in [-0.2, 0) is 12.1 Å². The van der Waals surface area contributed by atoms with E-state index in [1.54, 1.807) is 0 Å². The van der Waals surface area contributed by atoms with Crippen molar-refractivity contribution in [3.8, 4) is 0 Å². The molecule has 0 fully saturated rings. The lowest BCUT2D eigenvalue weighted by molar-refractivity contribution is 0.0567. The van der Waals surface area contributed by atoms with Crippen LogP contribution in [-0.4, -0.2) is 21.8 Å². The topological polar surface area (TPSA) is 60.9 Å². The summed E-state index contributed by atoms with van der Waals surface area (Å²) in [5, 5.41) is 22.1. The molecule has 0 spiro atoms. The van der Waals surface area contributed by atoms with Crippen molar-refractivity contribution in [2.24, 2.45) is 0 Å². The maximum atomic E-state index is 10.6. The summed E-state index contributed by atoms with van der Waals surface area (Å²) in [5.41, 5.74) is 2.22. The molecule has 0 aliphatic rings. The van der Waals surface area contributed by atoms with Gasteiger partial charge < -0.3 is 10.4 Å². The Bertz CT molecular complexity index is 719. The average molecular weight is 281 g/mol. The predicted octanol–water partition coefficient (Wildman–Crippen LogP) is 2.56. The summed E-state index contributed by atoms with van der Waals surface area (Å²) in [6.07, 6.45) is 1.82. The number of aromatic amines is 1. The minimum absolute atomic E-state index is 0.488. The first-order valence-corrected chi connectivity index (χ1v) is 7.06. The number of rotatable bonds is 5. The fraction of sp³-hybridized carbons (Fsp3) is 0.235. The molecule has 1 unspecified atom stereocenters. The van der Waals surface area contributed by atoms with Gasteiger partial charge in [0.05, 0.1) is 17.3 Å². The van der Waals surface area contributed by atoms with Crippen LogP contribution in [0.3, 0.4) is 0 Å². The molecule has 0 radical (unpaired) electrons. The second kappa shape index (κ2) is 5.68. The third-order valence-corrected chi connectivity index (χ3v) is 3.74. The first-order chi connectivity index (χ1) is 10.2. The molecule has 0 aliphatic carbocycles. The van der Waals surface area contributed by atoms with E-state index in [9.17, 15) is 5.11 Å². The first kappa shape index (κ1) is 13.8. The lowest BCUT2D eigenvalue weighted by Crippen LogP contribution is -2.35. The van der Waals surface area contributed by atoms with Crippen molar-refractivity contribution in [2.45, 2.75) is 19.1 Å². The maximum absolute atomic E-state index is 10.6. The van der Waals surface area contributed by atoms with Crippen molar-refractivity contribution in [3.05, 3.63) is 65.9 Å². The van der Waals surface area contributed by atoms with Crippen LogP contribution < -0.4 is 5.32 Å². The van der Waals surface area contributed by atoms with Gasteiger partial charge in [0.25, 0.3) is 0 Å². The zero-order chi connectivity index (χ0) is 14.7. The van der Waals surface area contributed by atoms with Crippen molar-refractivity contribution in [1.29, 1.82) is 0 Å². The average Bonchev–Trinajstić information content (AvgIpc) is 2.97. The molecule has 1 heterocycles. The van der Waals surface area contributed by atoms with Gasteiger partial charge in [-0.1, -0.05) is 48.5 Å². The zero-order valence-electron chi connectivity index (χ0n) is 12.0. The number of para-hydroxylation sites is 1. The Morgan fingerprint density at radius 3 is 2.76 bits per heavy atom. The Morgan fingerprint density at radius 2 is 1.95 bits per heavy atom. The predicted molar refractivity (Wildman–Crippen MR) is 83.8 cm³/mol. The molecule has 0 amide bonds. The van der Waals surface area contributed by atoms with E-state index < -0.39 is 5.60 Å². The van der Waals surface area contributed by atoms with Crippen LogP contribution >= 0.6 is 0 Å². The third kappa shape index (κ3) is 2.96. The van der Waals surface area contributed by atoms with Gasteiger partial charge in [-0.05, 0) is 18.1 Å². The summed E-state index contributed by atoms with van der Waals surface area (Å²) in [4.78, 5) is 0. The van der Waals surface area contributed by atoms with Crippen molar-refractivity contribution in [3.63, 3.8) is 0 Å². The van der Waals surface area contributed by atoms with Crippen LogP contribution in [0.25, 0.3) is 10.9 Å². The molecule has 0 aliphatic heterocycles. The highest BCUT2D eigenvalue weighted by Crippen LogP contribution is 2.20. The van der Waals surface area contributed by atoms with Gasteiger partial charge in [-0.15, -0.1) is 0 Å². The largest absolute Gasteiger partial charge is 0.384 e. The number of hydrogen-bond acceptors (Lipinski definition) is 3. The fourth-order valence-corrected chi connectivity index (χ4v) is 2.52. The lowest BCUT2D eigenvalue weighted by Gasteiger charge is -2.24. The van der Waals surface area contributed by atoms with Gasteiger partial charge in [0, 0.05) is 18.5 Å². The molecule has 2 aromatic carbocycles. The van der Waals surface area contributed by atoms with E-state index in [1.807, 2.05) is 55.6 Å². The molecule has 1 aromatic heterocycles. The number of aliphatic hydroxyl groups is 1. The van der Waals surface area contributed by atoms with E-state index in [4.69, 9.17) is 0 Å². The van der Waals surface area contributed by atoms with E-state index in [0.29, 0.717) is 13.1 Å². The van der Waals surface area contributed by atoms with Crippen LogP contribution in [0, 0.1) is 0 Å². The monoisotopic (exact) mass is 281 g/mol. The van der Waals surface area contributed by atoms with Gasteiger partial charge in [-0.3, -0.25) is 5.10 Å². The number of aromatic nitrogens is 2. The lowest BCUT2D eigenvalue weighted by atomic mass is 9.96. The van der Waals surface area contributed by atoms with E-state index in [1.165, 1.54) is 0 Å². The van der Waals surface area contributed by atoms with E-state index in [2.05, 4.69) is 21.6 Å². The van der Waals surface area contributed by atoms with Crippen molar-refractivity contribution >= 4 is 10.9 Å². The quantitative estimate of drug-likeness (QED) is 0.673. The van der Waals surface area contributed by atoms with Gasteiger partial charge in [0.2, 0.25) is 0 Å². The second-order valence-electron chi connectivity index (χ2n) is 5.49. The second-order valence-corrected chi connectivity index (χ2v) is 5.49. The van der Waals surface area contributed by atoms with Crippen LogP contribution in [0.15, 0.2) is 54.7 Å². The highest BCUT2D eigenvalue weighted by atomic mass is 16.3. The van der Waals surface area contributed by atoms with Crippen molar-refractivity contribution in [1.82, 2.24) is 15.5 Å². The number of benzene rings is 2. The molecule has 21 heavy (non-hydrogen) atoms. The first-order valence-electron chi connectivity index (χ1n) is 7.06. The summed E-state index contributed by atoms with van der Waals surface area (Å²) in [6.45, 7) is 3.00. The van der Waals surface area contributed by atoms with Gasteiger partial charge in [-0.25, -0.2) is 0 Å². The summed E-state index contributed by atoms with van der Waals surface area (Å²) in [6, 6.07) is 15.8. The SMILES string of the molecule is CC(O)(CNCc1cccc2cn[nH]c12)c1ccccc1. The Hall–Kier alpha value is -2.17. The molecule has 4 nitrogen and oxygen atoms in total. The molecule has 0 bridgehead atoms. The molecule has 0 saturated heterocycles. The summed E-state index contributed by atoms with van der Waals surface area (Å²) in [7, 11) is 0. The Labute approximate surface area is 123 Å². The smallest absolute Gasteiger partial charge is 0.0992 e. The highest BCUT2D eigenvalue weighted by molar-refractivity contribution is 5.81. The molecule has 3 rings (SSSR count). The molecular weight excluding hydrogens is 262 g/mol. The minimum Gasteiger partial charge on any atom is -0.384 e. The molecule has 1 atom stereocenters. The highest BCUT2D eigenvalue weighted by Gasteiger charge is 2.22. The minimum atomic E-state index is -0.886. The molecule has 3 N–H and O–H groups in total. The van der Waals surface area contributed by atoms with Gasteiger partial charge in [0.1, 0.15) is 0 Å². The Morgan fingerprint density at radius 1 is 1.14 bits per heavy atom. The number of nitrogens with one attached hydrogen (secondary N) is 2. The van der Waals surface area contributed by atoms with Crippen LogP contribution in [0.5, 0.6) is 0 Å². The maximum Gasteiger partial charge on any atom is 0.0992 e. The summed E-state index contributed by atoms with van der Waals surface area (Å²) < 4.78 is 0. The zero-order valence-corrected chi connectivity index (χ0v) is 12.0. The fourth-order valence-electron chi connectivity index (χ4n) is 2.52. The van der Waals surface area contributed by atoms with Crippen molar-refractivity contribution < 1.29 is 5.11 Å². The van der Waals surface area contributed by atoms with Gasteiger partial charge in [0.15, 0.2) is 0 Å². The van der Waals surface area contributed by atoms with Gasteiger partial charge in [-0.2, -0.15) is 5.10 Å². The molecule has 4 heteroatoms. The normalized spacial score (nSPS) is 14.2. The van der Waals surface area contributed by atoms with Crippen LogP contribution in [0.2, 0.25) is 0 Å². The number of hydrogen-bond donors (Lipinski definition) is 3. The van der Waals surface area contributed by atoms with Gasteiger partial charge >= 0.3 is 0 Å². The summed E-state index contributed by atoms with van der Waals surface area (Å²) in [5.74, 6) is 0. The molecule has 3 aromatic rings. The molecule has 0 saturated carbocycles. The van der Waals surface area contributed by atoms with Crippen LogP contribution in [0.1, 0.15) is 18.1 Å². The molecule has 108 valence electrons. The Balaban J connectivity index is 1.67. The Kier molecular flexibility index (Phi) is 3.73.